The Labute approximate surface area is 164 Å². The maximum absolute atomic E-state index is 12.4. The zero-order chi connectivity index (χ0) is 20.7. The first-order chi connectivity index (χ1) is 13.3. The van der Waals surface area contributed by atoms with Crippen molar-refractivity contribution in [3.05, 3.63) is 24.3 Å². The van der Waals surface area contributed by atoms with E-state index in [4.69, 9.17) is 4.74 Å². The van der Waals surface area contributed by atoms with E-state index in [1.807, 2.05) is 13.8 Å². The summed E-state index contributed by atoms with van der Waals surface area (Å²) in [7, 11) is 1.57. The number of carboxylic acids is 1. The number of nitrogens with one attached hydrogen (secondary N) is 2. The van der Waals surface area contributed by atoms with Crippen LogP contribution in [0.5, 0.6) is 5.75 Å². The molecule has 1 aromatic rings. The largest absolute Gasteiger partial charge is 0.497 e. The standard InChI is InChI=1S/C19H28N4O5/c1-13(2)12-16(17(24)25)21-19(27)23-10-8-22(9-11-23)18(26)20-14-4-6-15(28-3)7-5-14/h4-7,13,16H,8-12H2,1-3H3,(H,20,26)(H,21,27)(H,24,25)/t16-/m0/s1. The molecule has 1 saturated heterocycles. The lowest BCUT2D eigenvalue weighted by Gasteiger charge is -2.35. The third kappa shape index (κ3) is 6.04. The number of piperazine rings is 1. The molecule has 1 heterocycles. The Kier molecular flexibility index (Phi) is 7.48. The number of carbonyl (C=O) groups is 3. The zero-order valence-electron chi connectivity index (χ0n) is 16.5. The molecule has 28 heavy (non-hydrogen) atoms. The van der Waals surface area contributed by atoms with E-state index in [1.165, 1.54) is 4.90 Å². The van der Waals surface area contributed by atoms with Gasteiger partial charge in [0.2, 0.25) is 0 Å². The molecule has 9 nitrogen and oxygen atoms in total. The fourth-order valence-corrected chi connectivity index (χ4v) is 2.92. The summed E-state index contributed by atoms with van der Waals surface area (Å²) in [5.74, 6) is -0.186. The summed E-state index contributed by atoms with van der Waals surface area (Å²) < 4.78 is 5.08. The number of aliphatic carboxylic acids is 1. The number of benzene rings is 1. The Morgan fingerprint density at radius 3 is 2.04 bits per heavy atom. The fraction of sp³-hybridized carbons (Fsp3) is 0.526. The first-order valence-corrected chi connectivity index (χ1v) is 9.28. The van der Waals surface area contributed by atoms with Crippen LogP contribution < -0.4 is 15.4 Å². The average molecular weight is 392 g/mol. The molecule has 154 valence electrons. The summed E-state index contributed by atoms with van der Waals surface area (Å²) in [5.41, 5.74) is 0.656. The summed E-state index contributed by atoms with van der Waals surface area (Å²) in [5, 5.41) is 14.6. The van der Waals surface area contributed by atoms with Gasteiger partial charge in [0.25, 0.3) is 0 Å². The van der Waals surface area contributed by atoms with Crippen LogP contribution in [0.4, 0.5) is 15.3 Å². The van der Waals surface area contributed by atoms with Gasteiger partial charge in [-0.25, -0.2) is 14.4 Å². The molecule has 3 N–H and O–H groups in total. The Morgan fingerprint density at radius 2 is 1.57 bits per heavy atom. The molecule has 0 radical (unpaired) electrons. The summed E-state index contributed by atoms with van der Waals surface area (Å²) in [6.45, 7) is 5.24. The molecular formula is C19H28N4O5. The molecule has 0 saturated carbocycles. The number of ether oxygens (including phenoxy) is 1. The molecule has 9 heteroatoms. The molecular weight excluding hydrogens is 364 g/mol. The van der Waals surface area contributed by atoms with E-state index < -0.39 is 18.0 Å². The van der Waals surface area contributed by atoms with Crippen LogP contribution in [0.25, 0.3) is 0 Å². The maximum atomic E-state index is 12.4. The van der Waals surface area contributed by atoms with E-state index in [0.717, 1.165) is 0 Å². The summed E-state index contributed by atoms with van der Waals surface area (Å²) in [4.78, 5) is 39.2. The minimum Gasteiger partial charge on any atom is -0.497 e. The lowest BCUT2D eigenvalue weighted by Crippen LogP contribution is -2.56. The fourth-order valence-electron chi connectivity index (χ4n) is 2.92. The normalized spacial score (nSPS) is 15.1. The first-order valence-electron chi connectivity index (χ1n) is 9.28. The number of carbonyl (C=O) groups excluding carboxylic acids is 2. The molecule has 0 unspecified atom stereocenters. The van der Waals surface area contributed by atoms with E-state index in [-0.39, 0.29) is 11.9 Å². The second kappa shape index (κ2) is 9.82. The van der Waals surface area contributed by atoms with Crippen LogP contribution in [0.15, 0.2) is 24.3 Å². The molecule has 4 amide bonds. The van der Waals surface area contributed by atoms with E-state index >= 15 is 0 Å². The van der Waals surface area contributed by atoms with Crippen molar-refractivity contribution >= 4 is 23.7 Å². The van der Waals surface area contributed by atoms with Gasteiger partial charge in [-0.05, 0) is 36.6 Å². The first kappa shape index (κ1) is 21.3. The maximum Gasteiger partial charge on any atom is 0.326 e. The van der Waals surface area contributed by atoms with Crippen molar-refractivity contribution in [2.45, 2.75) is 26.3 Å². The second-order valence-electron chi connectivity index (χ2n) is 7.10. The smallest absolute Gasteiger partial charge is 0.326 e. The number of nitrogens with zero attached hydrogens (tertiary/aromatic N) is 2. The molecule has 1 aliphatic rings. The summed E-state index contributed by atoms with van der Waals surface area (Å²) in [6, 6.07) is 5.45. The van der Waals surface area contributed by atoms with Gasteiger partial charge < -0.3 is 30.3 Å². The predicted molar refractivity (Wildman–Crippen MR) is 105 cm³/mol. The van der Waals surface area contributed by atoms with Gasteiger partial charge in [-0.15, -0.1) is 0 Å². The number of rotatable bonds is 6. The van der Waals surface area contributed by atoms with Gasteiger partial charge in [-0.3, -0.25) is 0 Å². The van der Waals surface area contributed by atoms with Gasteiger partial charge in [0.15, 0.2) is 0 Å². The number of methoxy groups -OCH3 is 1. The topological polar surface area (TPSA) is 111 Å². The number of carboxylic acid groups (broad SMARTS) is 1. The van der Waals surface area contributed by atoms with Crippen molar-refractivity contribution in [2.75, 3.05) is 38.6 Å². The highest BCUT2D eigenvalue weighted by atomic mass is 16.5. The van der Waals surface area contributed by atoms with Crippen molar-refractivity contribution < 1.29 is 24.2 Å². The third-order valence-electron chi connectivity index (χ3n) is 4.50. The van der Waals surface area contributed by atoms with Gasteiger partial charge >= 0.3 is 18.0 Å². The monoisotopic (exact) mass is 392 g/mol. The Bertz CT molecular complexity index is 684. The van der Waals surface area contributed by atoms with Gasteiger partial charge in [0, 0.05) is 31.9 Å². The molecule has 0 bridgehead atoms. The van der Waals surface area contributed by atoms with Gasteiger partial charge in [0.1, 0.15) is 11.8 Å². The number of amides is 4. The molecule has 1 aliphatic heterocycles. The molecule has 1 fully saturated rings. The Hall–Kier alpha value is -2.97. The van der Waals surface area contributed by atoms with Crippen LogP contribution >= 0.6 is 0 Å². The summed E-state index contributed by atoms with van der Waals surface area (Å²) in [6.07, 6.45) is 0.366. The minimum atomic E-state index is -1.04. The van der Waals surface area contributed by atoms with Gasteiger partial charge in [0.05, 0.1) is 7.11 Å². The van der Waals surface area contributed by atoms with E-state index in [0.29, 0.717) is 44.0 Å². The van der Waals surface area contributed by atoms with Crippen LogP contribution in [0.1, 0.15) is 20.3 Å². The highest BCUT2D eigenvalue weighted by Gasteiger charge is 2.27. The molecule has 1 atom stereocenters. The zero-order valence-corrected chi connectivity index (χ0v) is 16.5. The number of hydrogen-bond acceptors (Lipinski definition) is 4. The number of hydrogen-bond donors (Lipinski definition) is 3. The van der Waals surface area contributed by atoms with Crippen LogP contribution in [-0.4, -0.2) is 72.3 Å². The highest BCUT2D eigenvalue weighted by Crippen LogP contribution is 2.16. The number of urea groups is 2. The molecule has 0 spiro atoms. The van der Waals surface area contributed by atoms with Crippen molar-refractivity contribution in [3.63, 3.8) is 0 Å². The lowest BCUT2D eigenvalue weighted by atomic mass is 10.0. The summed E-state index contributed by atoms with van der Waals surface area (Å²) >= 11 is 0. The van der Waals surface area contributed by atoms with Gasteiger partial charge in [-0.2, -0.15) is 0 Å². The quantitative estimate of drug-likeness (QED) is 0.686. The van der Waals surface area contributed by atoms with Crippen molar-refractivity contribution in [3.8, 4) is 5.75 Å². The molecule has 0 aliphatic carbocycles. The van der Waals surface area contributed by atoms with Gasteiger partial charge in [-0.1, -0.05) is 13.8 Å². The van der Waals surface area contributed by atoms with Crippen molar-refractivity contribution in [2.24, 2.45) is 5.92 Å². The predicted octanol–water partition coefficient (Wildman–Crippen LogP) is 2.05. The van der Waals surface area contributed by atoms with Crippen LogP contribution in [0.2, 0.25) is 0 Å². The van der Waals surface area contributed by atoms with E-state index in [1.54, 1.807) is 36.3 Å². The highest BCUT2D eigenvalue weighted by molar-refractivity contribution is 5.89. The van der Waals surface area contributed by atoms with Crippen LogP contribution in [-0.2, 0) is 4.79 Å². The van der Waals surface area contributed by atoms with E-state index in [2.05, 4.69) is 10.6 Å². The number of anilines is 1. The average Bonchev–Trinajstić information content (AvgIpc) is 2.67. The Morgan fingerprint density at radius 1 is 1.04 bits per heavy atom. The van der Waals surface area contributed by atoms with Crippen LogP contribution in [0.3, 0.4) is 0 Å². The molecule has 0 aromatic heterocycles. The Balaban J connectivity index is 1.82. The molecule has 1 aromatic carbocycles. The SMILES string of the molecule is COc1ccc(NC(=O)N2CCN(C(=O)N[C@@H](CC(C)C)C(=O)O)CC2)cc1. The molecule has 2 rings (SSSR count). The second-order valence-corrected chi connectivity index (χ2v) is 7.10. The van der Waals surface area contributed by atoms with Crippen LogP contribution in [0, 0.1) is 5.92 Å². The lowest BCUT2D eigenvalue weighted by molar-refractivity contribution is -0.139. The minimum absolute atomic E-state index is 0.153. The third-order valence-corrected chi connectivity index (χ3v) is 4.50. The van der Waals surface area contributed by atoms with Crippen molar-refractivity contribution in [1.82, 2.24) is 15.1 Å². The van der Waals surface area contributed by atoms with Crippen molar-refractivity contribution in [1.29, 1.82) is 0 Å². The van der Waals surface area contributed by atoms with E-state index in [9.17, 15) is 19.5 Å².